The van der Waals surface area contributed by atoms with Gasteiger partial charge in [0.2, 0.25) is 0 Å². The third kappa shape index (κ3) is 4.98. The number of benzene rings is 3. The Bertz CT molecular complexity index is 1010. The monoisotopic (exact) mass is 415 g/mol. The van der Waals surface area contributed by atoms with Gasteiger partial charge in [-0.1, -0.05) is 72.8 Å². The number of nitrogens with zero attached hydrogens (tertiary/aromatic N) is 3. The van der Waals surface area contributed by atoms with E-state index in [9.17, 15) is 10.1 Å². The Morgan fingerprint density at radius 3 is 2.06 bits per heavy atom. The molecule has 0 aromatic heterocycles. The van der Waals surface area contributed by atoms with Gasteiger partial charge in [-0.25, -0.2) is 0 Å². The summed E-state index contributed by atoms with van der Waals surface area (Å²) in [5, 5.41) is 17.9. The molecule has 0 unspecified atom stereocenters. The lowest BCUT2D eigenvalue weighted by Gasteiger charge is -2.36. The van der Waals surface area contributed by atoms with E-state index in [2.05, 4.69) is 65.7 Å². The van der Waals surface area contributed by atoms with Gasteiger partial charge in [0, 0.05) is 28.8 Å². The molecule has 0 atom stereocenters. The summed E-state index contributed by atoms with van der Waals surface area (Å²) in [6, 6.07) is 28.3. The van der Waals surface area contributed by atoms with Crippen molar-refractivity contribution >= 4 is 11.4 Å². The summed E-state index contributed by atoms with van der Waals surface area (Å²) in [5.41, 5.74) is 4.34. The summed E-state index contributed by atoms with van der Waals surface area (Å²) < 4.78 is 0. The van der Waals surface area contributed by atoms with Crippen LogP contribution in [0.1, 0.15) is 29.7 Å². The fourth-order valence-corrected chi connectivity index (χ4v) is 4.24. The first-order valence-electron chi connectivity index (χ1n) is 10.6. The van der Waals surface area contributed by atoms with Crippen LogP contribution in [-0.2, 0) is 0 Å². The first kappa shape index (κ1) is 20.8. The Kier molecular flexibility index (Phi) is 6.38. The number of nitro groups is 1. The summed E-state index contributed by atoms with van der Waals surface area (Å²) in [5.74, 6) is 0. The fourth-order valence-electron chi connectivity index (χ4n) is 4.24. The van der Waals surface area contributed by atoms with Crippen LogP contribution in [0.4, 0.5) is 5.69 Å². The smallest absolute Gasteiger partial charge is 0.270 e. The minimum Gasteiger partial charge on any atom is -0.322 e. The van der Waals surface area contributed by atoms with Crippen LogP contribution in [0.15, 0.2) is 90.0 Å². The molecular formula is C25H27N4O2+. The standard InChI is InChI=1S/C25H26N4O2/c1-20(23-13-8-14-24(19-23)29(30)31)26-28-17-15-27(16-18-28)25(21-9-4-2-5-10-21)22-11-6-3-7-12-22/h2-14,19,25H,15-18H2,1H3/p+1/b26-20-. The average molecular weight is 416 g/mol. The number of hydrogen-bond donors (Lipinski definition) is 1. The molecule has 6 nitrogen and oxygen atoms in total. The molecule has 1 aliphatic rings. The Labute approximate surface area is 182 Å². The van der Waals surface area contributed by atoms with E-state index in [4.69, 9.17) is 5.10 Å². The number of non-ortho nitro benzene ring substituents is 1. The zero-order chi connectivity index (χ0) is 21.6. The van der Waals surface area contributed by atoms with Crippen LogP contribution >= 0.6 is 0 Å². The second-order valence-electron chi connectivity index (χ2n) is 7.86. The van der Waals surface area contributed by atoms with E-state index in [1.165, 1.54) is 22.1 Å². The van der Waals surface area contributed by atoms with E-state index in [1.807, 2.05) is 13.0 Å². The van der Waals surface area contributed by atoms with Gasteiger partial charge in [-0.2, -0.15) is 5.10 Å². The van der Waals surface area contributed by atoms with Crippen LogP contribution in [0.2, 0.25) is 0 Å². The number of rotatable bonds is 6. The second-order valence-corrected chi connectivity index (χ2v) is 7.86. The third-order valence-electron chi connectivity index (χ3n) is 5.82. The van der Waals surface area contributed by atoms with Crippen LogP contribution in [0.3, 0.4) is 0 Å². The fraction of sp³-hybridized carbons (Fsp3) is 0.240. The molecule has 0 saturated carbocycles. The highest BCUT2D eigenvalue weighted by atomic mass is 16.6. The Hall–Kier alpha value is -3.51. The third-order valence-corrected chi connectivity index (χ3v) is 5.82. The molecule has 0 spiro atoms. The van der Waals surface area contributed by atoms with Gasteiger partial charge >= 0.3 is 0 Å². The zero-order valence-electron chi connectivity index (χ0n) is 17.6. The van der Waals surface area contributed by atoms with Crippen molar-refractivity contribution in [1.29, 1.82) is 0 Å². The molecule has 0 amide bonds. The summed E-state index contributed by atoms with van der Waals surface area (Å²) in [6.07, 6.45) is 0. The van der Waals surface area contributed by atoms with Crippen molar-refractivity contribution in [3.05, 3.63) is 112 Å². The van der Waals surface area contributed by atoms with Gasteiger partial charge in [0.15, 0.2) is 0 Å². The van der Waals surface area contributed by atoms with Gasteiger partial charge in [-0.15, -0.1) is 0 Å². The number of nitrogens with one attached hydrogen (secondary N) is 1. The minimum absolute atomic E-state index is 0.0925. The number of piperazine rings is 1. The lowest BCUT2D eigenvalue weighted by atomic mass is 9.96. The van der Waals surface area contributed by atoms with E-state index < -0.39 is 0 Å². The molecule has 1 fully saturated rings. The number of quaternary nitrogens is 1. The maximum Gasteiger partial charge on any atom is 0.270 e. The quantitative estimate of drug-likeness (QED) is 0.382. The molecule has 158 valence electrons. The SMILES string of the molecule is C/C(=N/N1CC[NH+](C(c2ccccc2)c2ccccc2)CC1)c1cccc([N+](=O)[O-])c1. The van der Waals surface area contributed by atoms with E-state index in [0.717, 1.165) is 37.5 Å². The van der Waals surface area contributed by atoms with Crippen LogP contribution in [0, 0.1) is 10.1 Å². The molecule has 6 heteroatoms. The lowest BCUT2D eigenvalue weighted by molar-refractivity contribution is -0.929. The molecule has 4 rings (SSSR count). The predicted molar refractivity (Wildman–Crippen MR) is 122 cm³/mol. The Morgan fingerprint density at radius 2 is 1.52 bits per heavy atom. The van der Waals surface area contributed by atoms with Crippen LogP contribution in [-0.4, -0.2) is 41.8 Å². The van der Waals surface area contributed by atoms with Gasteiger partial charge in [-0.05, 0) is 6.92 Å². The molecule has 3 aromatic carbocycles. The Morgan fingerprint density at radius 1 is 0.935 bits per heavy atom. The maximum atomic E-state index is 11.1. The second kappa shape index (κ2) is 9.53. The first-order valence-corrected chi connectivity index (χ1v) is 10.6. The molecule has 1 saturated heterocycles. The molecule has 1 heterocycles. The van der Waals surface area contributed by atoms with Gasteiger partial charge < -0.3 is 4.90 Å². The topological polar surface area (TPSA) is 63.2 Å². The minimum atomic E-state index is -0.369. The number of nitro benzene ring substituents is 1. The largest absolute Gasteiger partial charge is 0.322 e. The van der Waals surface area contributed by atoms with Crippen molar-refractivity contribution in [1.82, 2.24) is 5.01 Å². The molecule has 31 heavy (non-hydrogen) atoms. The van der Waals surface area contributed by atoms with Crippen LogP contribution in [0.25, 0.3) is 0 Å². The van der Waals surface area contributed by atoms with E-state index in [1.54, 1.807) is 12.1 Å². The molecule has 1 N–H and O–H groups in total. The zero-order valence-corrected chi connectivity index (χ0v) is 17.6. The highest BCUT2D eigenvalue weighted by Gasteiger charge is 2.29. The van der Waals surface area contributed by atoms with Gasteiger partial charge in [0.1, 0.15) is 6.04 Å². The van der Waals surface area contributed by atoms with E-state index in [-0.39, 0.29) is 10.6 Å². The van der Waals surface area contributed by atoms with Crippen LogP contribution in [0.5, 0.6) is 0 Å². The van der Waals surface area contributed by atoms with Crippen molar-refractivity contribution in [2.24, 2.45) is 5.10 Å². The summed E-state index contributed by atoms with van der Waals surface area (Å²) >= 11 is 0. The molecule has 1 aliphatic heterocycles. The highest BCUT2D eigenvalue weighted by molar-refractivity contribution is 5.99. The van der Waals surface area contributed by atoms with Crippen molar-refractivity contribution in [3.63, 3.8) is 0 Å². The number of hydrazone groups is 1. The highest BCUT2D eigenvalue weighted by Crippen LogP contribution is 2.19. The maximum absolute atomic E-state index is 11.1. The van der Waals surface area contributed by atoms with Crippen molar-refractivity contribution < 1.29 is 9.82 Å². The van der Waals surface area contributed by atoms with Gasteiger partial charge in [0.05, 0.1) is 36.8 Å². The van der Waals surface area contributed by atoms with Crippen molar-refractivity contribution in [2.45, 2.75) is 13.0 Å². The normalized spacial score (nSPS) is 15.3. The molecule has 0 radical (unpaired) electrons. The number of hydrogen-bond acceptors (Lipinski definition) is 4. The van der Waals surface area contributed by atoms with E-state index >= 15 is 0 Å². The lowest BCUT2D eigenvalue weighted by Crippen LogP contribution is -3.15. The summed E-state index contributed by atoms with van der Waals surface area (Å²) in [4.78, 5) is 12.2. The Balaban J connectivity index is 1.48. The van der Waals surface area contributed by atoms with Gasteiger partial charge in [-0.3, -0.25) is 15.1 Å². The average Bonchev–Trinajstić information content (AvgIpc) is 2.82. The van der Waals surface area contributed by atoms with Crippen molar-refractivity contribution in [3.8, 4) is 0 Å². The summed E-state index contributed by atoms with van der Waals surface area (Å²) in [6.45, 7) is 5.55. The molecule has 0 bridgehead atoms. The molecule has 0 aliphatic carbocycles. The van der Waals surface area contributed by atoms with Crippen molar-refractivity contribution in [2.75, 3.05) is 26.2 Å². The molecular weight excluding hydrogens is 388 g/mol. The van der Waals surface area contributed by atoms with Crippen LogP contribution < -0.4 is 4.90 Å². The first-order chi connectivity index (χ1) is 15.1. The van der Waals surface area contributed by atoms with E-state index in [0.29, 0.717) is 6.04 Å². The predicted octanol–water partition coefficient (Wildman–Crippen LogP) is 3.31. The summed E-state index contributed by atoms with van der Waals surface area (Å²) in [7, 11) is 0. The van der Waals surface area contributed by atoms with Gasteiger partial charge in [0.25, 0.3) is 5.69 Å². The molecule has 3 aromatic rings.